The molecule has 1 heterocycles. The van der Waals surface area contributed by atoms with Crippen molar-refractivity contribution in [3.05, 3.63) is 34.7 Å². The van der Waals surface area contributed by atoms with E-state index in [0.29, 0.717) is 5.92 Å². The first-order chi connectivity index (χ1) is 6.68. The lowest BCUT2D eigenvalue weighted by atomic mass is 9.87. The molecule has 14 heavy (non-hydrogen) atoms. The molecule has 0 saturated carbocycles. The lowest BCUT2D eigenvalue weighted by Gasteiger charge is -2.20. The molecular formula is C12H16N2. The molecule has 2 rings (SSSR count). The van der Waals surface area contributed by atoms with Gasteiger partial charge in [-0.3, -0.25) is 0 Å². The Hall–Kier alpha value is -1.31. The number of allylic oxidation sites excluding steroid dienone is 5. The van der Waals surface area contributed by atoms with Gasteiger partial charge < -0.3 is 5.32 Å². The Morgan fingerprint density at radius 2 is 2.21 bits per heavy atom. The van der Waals surface area contributed by atoms with Gasteiger partial charge in [-0.15, -0.1) is 0 Å². The van der Waals surface area contributed by atoms with Crippen LogP contribution < -0.4 is 5.32 Å². The Morgan fingerprint density at radius 3 is 2.79 bits per heavy atom. The summed E-state index contributed by atoms with van der Waals surface area (Å²) in [5.41, 5.74) is 4.02. The van der Waals surface area contributed by atoms with E-state index in [9.17, 15) is 0 Å². The van der Waals surface area contributed by atoms with E-state index >= 15 is 0 Å². The van der Waals surface area contributed by atoms with Crippen molar-refractivity contribution in [3.8, 4) is 0 Å². The molecule has 0 aromatic heterocycles. The molecule has 74 valence electrons. The van der Waals surface area contributed by atoms with E-state index < -0.39 is 0 Å². The zero-order valence-electron chi connectivity index (χ0n) is 8.96. The summed E-state index contributed by atoms with van der Waals surface area (Å²) in [6.45, 7) is 7.39. The highest BCUT2D eigenvalue weighted by molar-refractivity contribution is 5.66. The number of rotatable bonds is 0. The van der Waals surface area contributed by atoms with Gasteiger partial charge in [0.05, 0.1) is 6.54 Å². The molecule has 1 aliphatic heterocycles. The molecule has 0 aromatic carbocycles. The zero-order valence-corrected chi connectivity index (χ0v) is 8.96. The standard InChI is InChI=1S/C12H16N2/c1-8-6-9(2)11(10(3)7-8)12-13-4-5-14-12/h4,6-7,9,14H,5H2,1-3H3. The van der Waals surface area contributed by atoms with E-state index in [0.717, 1.165) is 12.4 Å². The average Bonchev–Trinajstić information content (AvgIpc) is 2.54. The van der Waals surface area contributed by atoms with Crippen LogP contribution in [0.4, 0.5) is 0 Å². The number of hydrogen-bond acceptors (Lipinski definition) is 2. The molecule has 1 atom stereocenters. The number of aliphatic imine (C=N–C) groups is 1. The minimum Gasteiger partial charge on any atom is -0.365 e. The van der Waals surface area contributed by atoms with Gasteiger partial charge in [0.15, 0.2) is 0 Å². The predicted molar refractivity (Wildman–Crippen MR) is 60.2 cm³/mol. The van der Waals surface area contributed by atoms with Gasteiger partial charge in [0.2, 0.25) is 0 Å². The third-order valence-corrected chi connectivity index (χ3v) is 2.67. The van der Waals surface area contributed by atoms with Crippen molar-refractivity contribution < 1.29 is 0 Å². The van der Waals surface area contributed by atoms with Gasteiger partial charge in [-0.25, -0.2) is 4.99 Å². The molecule has 0 bridgehead atoms. The molecule has 1 N–H and O–H groups in total. The van der Waals surface area contributed by atoms with Gasteiger partial charge in [0, 0.05) is 17.7 Å². The molecule has 1 unspecified atom stereocenters. The van der Waals surface area contributed by atoms with Gasteiger partial charge >= 0.3 is 0 Å². The molecule has 2 nitrogen and oxygen atoms in total. The molecule has 0 saturated heterocycles. The minimum atomic E-state index is 0.470. The molecule has 0 amide bonds. The van der Waals surface area contributed by atoms with Crippen molar-refractivity contribution in [3.63, 3.8) is 0 Å². The zero-order chi connectivity index (χ0) is 10.1. The molecule has 0 spiro atoms. The maximum atomic E-state index is 4.36. The lowest BCUT2D eigenvalue weighted by Crippen LogP contribution is -2.14. The second kappa shape index (κ2) is 3.45. The first-order valence-corrected chi connectivity index (χ1v) is 5.06. The Balaban J connectivity index is 2.42. The van der Waals surface area contributed by atoms with Crippen molar-refractivity contribution in [2.45, 2.75) is 20.8 Å². The fraction of sp³-hybridized carbons (Fsp3) is 0.417. The molecule has 0 aromatic rings. The Bertz CT molecular complexity index is 370. The smallest absolute Gasteiger partial charge is 0.129 e. The lowest BCUT2D eigenvalue weighted by molar-refractivity contribution is 0.801. The van der Waals surface area contributed by atoms with E-state index in [1.807, 2.05) is 6.21 Å². The van der Waals surface area contributed by atoms with Crippen LogP contribution in [-0.2, 0) is 0 Å². The molecule has 2 heteroatoms. The van der Waals surface area contributed by atoms with Crippen molar-refractivity contribution in [2.24, 2.45) is 10.9 Å². The van der Waals surface area contributed by atoms with Crippen molar-refractivity contribution in [2.75, 3.05) is 6.54 Å². The normalized spacial score (nSPS) is 31.2. The number of nitrogens with zero attached hydrogens (tertiary/aromatic N) is 1. The largest absolute Gasteiger partial charge is 0.365 e. The van der Waals surface area contributed by atoms with Gasteiger partial charge in [-0.2, -0.15) is 0 Å². The van der Waals surface area contributed by atoms with Gasteiger partial charge in [0.1, 0.15) is 5.82 Å². The topological polar surface area (TPSA) is 24.4 Å². The predicted octanol–water partition coefficient (Wildman–Crippen LogP) is 2.41. The molecule has 1 aliphatic carbocycles. The van der Waals surface area contributed by atoms with Crippen LogP contribution >= 0.6 is 0 Å². The van der Waals surface area contributed by atoms with Crippen LogP contribution in [0.15, 0.2) is 39.7 Å². The van der Waals surface area contributed by atoms with E-state index in [1.165, 1.54) is 16.7 Å². The Kier molecular flexibility index (Phi) is 2.28. The van der Waals surface area contributed by atoms with Crippen molar-refractivity contribution >= 4 is 6.21 Å². The summed E-state index contributed by atoms with van der Waals surface area (Å²) >= 11 is 0. The van der Waals surface area contributed by atoms with Crippen LogP contribution in [0.3, 0.4) is 0 Å². The van der Waals surface area contributed by atoms with Crippen LogP contribution in [-0.4, -0.2) is 12.8 Å². The first kappa shape index (κ1) is 9.25. The summed E-state index contributed by atoms with van der Waals surface area (Å²) in [4.78, 5) is 4.36. The summed E-state index contributed by atoms with van der Waals surface area (Å²) in [5, 5.41) is 3.29. The number of hydrogen-bond donors (Lipinski definition) is 1. The second-order valence-electron chi connectivity index (χ2n) is 3.98. The maximum absolute atomic E-state index is 4.36. The minimum absolute atomic E-state index is 0.470. The fourth-order valence-electron chi connectivity index (χ4n) is 2.20. The fourth-order valence-corrected chi connectivity index (χ4v) is 2.20. The summed E-state index contributed by atoms with van der Waals surface area (Å²) in [7, 11) is 0. The van der Waals surface area contributed by atoms with Crippen LogP contribution in [0.1, 0.15) is 20.8 Å². The highest BCUT2D eigenvalue weighted by atomic mass is 15.1. The summed E-state index contributed by atoms with van der Waals surface area (Å²) < 4.78 is 0. The van der Waals surface area contributed by atoms with Crippen LogP contribution in [0.25, 0.3) is 0 Å². The highest BCUT2D eigenvalue weighted by Crippen LogP contribution is 2.30. The summed E-state index contributed by atoms with van der Waals surface area (Å²) in [6.07, 6.45) is 6.43. The maximum Gasteiger partial charge on any atom is 0.129 e. The summed E-state index contributed by atoms with van der Waals surface area (Å²) in [6, 6.07) is 0. The van der Waals surface area contributed by atoms with Crippen LogP contribution in [0.2, 0.25) is 0 Å². The quantitative estimate of drug-likeness (QED) is 0.620. The van der Waals surface area contributed by atoms with E-state index in [-0.39, 0.29) is 0 Å². The molecule has 0 radical (unpaired) electrons. The van der Waals surface area contributed by atoms with Crippen LogP contribution in [0, 0.1) is 5.92 Å². The van der Waals surface area contributed by atoms with Gasteiger partial charge in [0.25, 0.3) is 0 Å². The van der Waals surface area contributed by atoms with Crippen molar-refractivity contribution in [1.29, 1.82) is 0 Å². The average molecular weight is 188 g/mol. The molecular weight excluding hydrogens is 172 g/mol. The van der Waals surface area contributed by atoms with Crippen LogP contribution in [0.5, 0.6) is 0 Å². The van der Waals surface area contributed by atoms with Crippen molar-refractivity contribution in [1.82, 2.24) is 5.32 Å². The third kappa shape index (κ3) is 1.52. The van der Waals surface area contributed by atoms with E-state index in [1.54, 1.807) is 0 Å². The molecule has 0 fully saturated rings. The Labute approximate surface area is 85.1 Å². The van der Waals surface area contributed by atoms with Gasteiger partial charge in [-0.05, 0) is 19.4 Å². The van der Waals surface area contributed by atoms with Gasteiger partial charge in [-0.1, -0.05) is 24.6 Å². The SMILES string of the molecule is CC1=CC(C)C(=C2N=CCN2)C(C)=C1. The molecule has 2 aliphatic rings. The highest BCUT2D eigenvalue weighted by Gasteiger charge is 2.18. The second-order valence-corrected chi connectivity index (χ2v) is 3.98. The third-order valence-electron chi connectivity index (χ3n) is 2.67. The monoisotopic (exact) mass is 188 g/mol. The first-order valence-electron chi connectivity index (χ1n) is 5.06. The number of nitrogens with one attached hydrogen (secondary N) is 1. The summed E-state index contributed by atoms with van der Waals surface area (Å²) in [5.74, 6) is 1.52. The Morgan fingerprint density at radius 1 is 1.43 bits per heavy atom. The van der Waals surface area contributed by atoms with E-state index in [4.69, 9.17) is 0 Å². The van der Waals surface area contributed by atoms with E-state index in [2.05, 4.69) is 43.2 Å².